The Hall–Kier alpha value is -1.71. The third-order valence-corrected chi connectivity index (χ3v) is 4.38. The van der Waals surface area contributed by atoms with E-state index in [2.05, 4.69) is 18.8 Å². The molecule has 120 valence electrons. The van der Waals surface area contributed by atoms with E-state index in [1.165, 1.54) is 0 Å². The minimum absolute atomic E-state index is 0.245. The normalized spacial score (nSPS) is 15.5. The minimum Gasteiger partial charge on any atom is -0.493 e. The van der Waals surface area contributed by atoms with Crippen molar-refractivity contribution < 1.29 is 9.47 Å². The number of ether oxygens (including phenoxy) is 2. The first-order valence-electron chi connectivity index (χ1n) is 7.27. The van der Waals surface area contributed by atoms with Gasteiger partial charge in [-0.1, -0.05) is 41.4 Å². The molecule has 1 aromatic heterocycles. The number of hydrogen-bond acceptors (Lipinski definition) is 3. The molecule has 2 heterocycles. The summed E-state index contributed by atoms with van der Waals surface area (Å²) in [5, 5.41) is 1.05. The fourth-order valence-electron chi connectivity index (χ4n) is 2.72. The van der Waals surface area contributed by atoms with E-state index in [4.69, 9.17) is 32.7 Å². The molecule has 0 N–H and O–H groups in total. The molecule has 1 aliphatic heterocycles. The predicted octanol–water partition coefficient (Wildman–Crippen LogP) is 5.28. The summed E-state index contributed by atoms with van der Waals surface area (Å²) >= 11 is 12.3. The van der Waals surface area contributed by atoms with Crippen molar-refractivity contribution in [3.05, 3.63) is 51.3 Å². The van der Waals surface area contributed by atoms with E-state index < -0.39 is 0 Å². The Balaban J connectivity index is 2.03. The van der Waals surface area contributed by atoms with E-state index in [-0.39, 0.29) is 5.60 Å². The van der Waals surface area contributed by atoms with E-state index in [0.29, 0.717) is 10.0 Å². The van der Waals surface area contributed by atoms with Gasteiger partial charge in [-0.3, -0.25) is 4.98 Å². The van der Waals surface area contributed by atoms with Crippen LogP contribution in [0.15, 0.2) is 24.5 Å². The van der Waals surface area contributed by atoms with Crippen LogP contribution < -0.4 is 9.47 Å². The summed E-state index contributed by atoms with van der Waals surface area (Å²) in [4.78, 5) is 3.96. The van der Waals surface area contributed by atoms with Gasteiger partial charge in [-0.05, 0) is 25.5 Å². The molecule has 1 aromatic carbocycles. The van der Waals surface area contributed by atoms with Gasteiger partial charge >= 0.3 is 0 Å². The number of methoxy groups -OCH3 is 1. The van der Waals surface area contributed by atoms with Crippen LogP contribution in [0.1, 0.15) is 30.5 Å². The fraction of sp³-hybridized carbons (Fsp3) is 0.278. The van der Waals surface area contributed by atoms with Gasteiger partial charge in [0.05, 0.1) is 17.2 Å². The lowest BCUT2D eigenvalue weighted by Gasteiger charge is -2.17. The largest absolute Gasteiger partial charge is 0.493 e. The van der Waals surface area contributed by atoms with Crippen LogP contribution >= 0.6 is 23.2 Å². The molecular weight excluding hydrogens is 333 g/mol. The third kappa shape index (κ3) is 3.17. The summed E-state index contributed by atoms with van der Waals surface area (Å²) in [5.41, 5.74) is 2.71. The average Bonchev–Trinajstić information content (AvgIpc) is 2.82. The summed E-state index contributed by atoms with van der Waals surface area (Å²) < 4.78 is 11.4. The Bertz CT molecular complexity index is 765. The highest BCUT2D eigenvalue weighted by atomic mass is 35.5. The first-order chi connectivity index (χ1) is 10.9. The van der Waals surface area contributed by atoms with Crippen molar-refractivity contribution in [1.82, 2.24) is 4.98 Å². The molecule has 1 aliphatic rings. The first-order valence-corrected chi connectivity index (χ1v) is 8.03. The smallest absolute Gasteiger partial charge is 0.165 e. The molecule has 0 bridgehead atoms. The summed E-state index contributed by atoms with van der Waals surface area (Å²) in [5.74, 6) is 1.56. The molecule has 0 unspecified atom stereocenters. The number of pyridine rings is 1. The van der Waals surface area contributed by atoms with E-state index in [1.807, 2.05) is 24.3 Å². The van der Waals surface area contributed by atoms with Crippen LogP contribution in [0.5, 0.6) is 11.5 Å². The number of nitrogens with zero attached hydrogens (tertiary/aromatic N) is 1. The van der Waals surface area contributed by atoms with Crippen LogP contribution in [0.3, 0.4) is 0 Å². The van der Waals surface area contributed by atoms with Gasteiger partial charge in [0.2, 0.25) is 0 Å². The average molecular weight is 350 g/mol. The van der Waals surface area contributed by atoms with Gasteiger partial charge in [0, 0.05) is 29.9 Å². The number of benzene rings is 1. The van der Waals surface area contributed by atoms with Crippen LogP contribution in [0.25, 0.3) is 12.2 Å². The molecule has 5 heteroatoms. The van der Waals surface area contributed by atoms with Gasteiger partial charge in [0.15, 0.2) is 11.5 Å². The van der Waals surface area contributed by atoms with E-state index in [9.17, 15) is 0 Å². The molecule has 3 rings (SSSR count). The zero-order valence-electron chi connectivity index (χ0n) is 13.2. The Morgan fingerprint density at radius 2 is 1.87 bits per heavy atom. The highest BCUT2D eigenvalue weighted by Crippen LogP contribution is 2.44. The summed E-state index contributed by atoms with van der Waals surface area (Å²) in [6.07, 6.45) is 7.88. The molecule has 0 radical (unpaired) electrons. The molecule has 0 aliphatic carbocycles. The first kappa shape index (κ1) is 16.2. The molecule has 0 atom stereocenters. The van der Waals surface area contributed by atoms with E-state index in [0.717, 1.165) is 34.6 Å². The van der Waals surface area contributed by atoms with Crippen LogP contribution in [0.4, 0.5) is 0 Å². The quantitative estimate of drug-likeness (QED) is 0.755. The Morgan fingerprint density at radius 1 is 1.17 bits per heavy atom. The predicted molar refractivity (Wildman–Crippen MR) is 94.6 cm³/mol. The van der Waals surface area contributed by atoms with Crippen molar-refractivity contribution in [1.29, 1.82) is 0 Å². The maximum Gasteiger partial charge on any atom is 0.165 e. The molecule has 0 spiro atoms. The number of rotatable bonds is 3. The zero-order chi connectivity index (χ0) is 16.6. The van der Waals surface area contributed by atoms with Gasteiger partial charge in [0.1, 0.15) is 5.60 Å². The molecule has 23 heavy (non-hydrogen) atoms. The lowest BCUT2D eigenvalue weighted by Crippen LogP contribution is -2.24. The number of fused-ring (bicyclic) bond motifs is 1. The van der Waals surface area contributed by atoms with E-state index >= 15 is 0 Å². The molecule has 0 saturated heterocycles. The van der Waals surface area contributed by atoms with Crippen molar-refractivity contribution in [2.24, 2.45) is 0 Å². The molecule has 0 fully saturated rings. The lowest BCUT2D eigenvalue weighted by atomic mass is 9.96. The second-order valence-electron chi connectivity index (χ2n) is 6.05. The molecule has 0 saturated carbocycles. The Kier molecular flexibility index (Phi) is 4.26. The lowest BCUT2D eigenvalue weighted by molar-refractivity contribution is 0.134. The third-order valence-electron chi connectivity index (χ3n) is 3.78. The summed E-state index contributed by atoms with van der Waals surface area (Å²) in [7, 11) is 1.65. The van der Waals surface area contributed by atoms with Gasteiger partial charge in [0.25, 0.3) is 0 Å². The van der Waals surface area contributed by atoms with Crippen LogP contribution in [-0.4, -0.2) is 17.7 Å². The van der Waals surface area contributed by atoms with Crippen molar-refractivity contribution in [2.45, 2.75) is 25.9 Å². The SMILES string of the molecule is COc1ccc(/C=C/c2c(Cl)cncc2Cl)c2c1OC(C)(C)C2. The van der Waals surface area contributed by atoms with Crippen LogP contribution in [-0.2, 0) is 6.42 Å². The van der Waals surface area contributed by atoms with Crippen LogP contribution in [0, 0.1) is 0 Å². The Labute approximate surface area is 145 Å². The van der Waals surface area contributed by atoms with Crippen molar-refractivity contribution >= 4 is 35.4 Å². The number of hydrogen-bond donors (Lipinski definition) is 0. The minimum atomic E-state index is -0.245. The highest BCUT2D eigenvalue weighted by Gasteiger charge is 2.33. The topological polar surface area (TPSA) is 31.4 Å². The van der Waals surface area contributed by atoms with Gasteiger partial charge in [-0.15, -0.1) is 0 Å². The maximum atomic E-state index is 6.16. The zero-order valence-corrected chi connectivity index (χ0v) is 14.7. The van der Waals surface area contributed by atoms with Gasteiger partial charge in [-0.2, -0.15) is 0 Å². The molecular formula is C18H17Cl2NO2. The summed E-state index contributed by atoms with van der Waals surface area (Å²) in [6, 6.07) is 3.93. The highest BCUT2D eigenvalue weighted by molar-refractivity contribution is 6.37. The Morgan fingerprint density at radius 3 is 2.52 bits per heavy atom. The molecule has 2 aromatic rings. The van der Waals surface area contributed by atoms with Gasteiger partial charge in [-0.25, -0.2) is 0 Å². The second-order valence-corrected chi connectivity index (χ2v) is 6.87. The second kappa shape index (κ2) is 6.06. The molecule has 3 nitrogen and oxygen atoms in total. The van der Waals surface area contributed by atoms with Crippen LogP contribution in [0.2, 0.25) is 10.0 Å². The summed E-state index contributed by atoms with van der Waals surface area (Å²) in [6.45, 7) is 4.13. The fourth-order valence-corrected chi connectivity index (χ4v) is 3.22. The maximum absolute atomic E-state index is 6.16. The molecule has 0 amide bonds. The van der Waals surface area contributed by atoms with Gasteiger partial charge < -0.3 is 9.47 Å². The van der Waals surface area contributed by atoms with E-state index in [1.54, 1.807) is 19.5 Å². The standard InChI is InChI=1S/C18H17Cl2NO2/c1-18(2)8-13-11(5-7-16(22-3)17(13)23-18)4-6-12-14(19)9-21-10-15(12)20/h4-7,9-10H,8H2,1-3H3/b6-4+. The monoisotopic (exact) mass is 349 g/mol. The number of aromatic nitrogens is 1. The van der Waals surface area contributed by atoms with Crippen molar-refractivity contribution in [3.63, 3.8) is 0 Å². The van der Waals surface area contributed by atoms with Crippen molar-refractivity contribution in [3.8, 4) is 11.5 Å². The van der Waals surface area contributed by atoms with Crippen molar-refractivity contribution in [2.75, 3.05) is 7.11 Å². The number of halogens is 2.